The van der Waals surface area contributed by atoms with Gasteiger partial charge in [0.2, 0.25) is 0 Å². The highest BCUT2D eigenvalue weighted by Crippen LogP contribution is 2.33. The molecule has 6 heteroatoms. The van der Waals surface area contributed by atoms with Gasteiger partial charge in [0.15, 0.2) is 11.5 Å². The molecule has 1 N–H and O–H groups in total. The summed E-state index contributed by atoms with van der Waals surface area (Å²) in [5, 5.41) is 3.83. The van der Waals surface area contributed by atoms with E-state index in [-0.39, 0.29) is 5.76 Å². The van der Waals surface area contributed by atoms with Crippen LogP contribution in [0.3, 0.4) is 0 Å². The van der Waals surface area contributed by atoms with Gasteiger partial charge in [-0.2, -0.15) is 0 Å². The van der Waals surface area contributed by atoms with Crippen molar-refractivity contribution in [3.05, 3.63) is 101 Å². The van der Waals surface area contributed by atoms with Crippen LogP contribution in [0, 0.1) is 0 Å². The van der Waals surface area contributed by atoms with Crippen molar-refractivity contribution < 1.29 is 13.9 Å². The van der Waals surface area contributed by atoms with Crippen molar-refractivity contribution in [1.29, 1.82) is 0 Å². The summed E-state index contributed by atoms with van der Waals surface area (Å²) in [6.07, 6.45) is 0. The molecule has 0 radical (unpaired) electrons. The second-order valence-electron chi connectivity index (χ2n) is 6.15. The smallest absolute Gasteiger partial charge is 0.291 e. The van der Waals surface area contributed by atoms with E-state index in [1.165, 1.54) is 0 Å². The summed E-state index contributed by atoms with van der Waals surface area (Å²) < 4.78 is 11.6. The number of halogens is 2. The van der Waals surface area contributed by atoms with Gasteiger partial charge in [0.25, 0.3) is 5.91 Å². The molecule has 0 aliphatic carbocycles. The molecule has 3 aromatic carbocycles. The van der Waals surface area contributed by atoms with Gasteiger partial charge in [-0.25, -0.2) is 0 Å². The van der Waals surface area contributed by atoms with Crippen LogP contribution in [0.1, 0.15) is 10.6 Å². The molecule has 0 fully saturated rings. The zero-order chi connectivity index (χ0) is 20.2. The summed E-state index contributed by atoms with van der Waals surface area (Å²) in [6.45, 7) is 0. The number of para-hydroxylation sites is 3. The zero-order valence-corrected chi connectivity index (χ0v) is 16.6. The van der Waals surface area contributed by atoms with Gasteiger partial charge in [0, 0.05) is 10.6 Å². The number of rotatable bonds is 5. The maximum Gasteiger partial charge on any atom is 0.291 e. The van der Waals surface area contributed by atoms with Gasteiger partial charge in [-0.3, -0.25) is 4.79 Å². The Kier molecular flexibility index (Phi) is 5.56. The molecule has 0 spiro atoms. The van der Waals surface area contributed by atoms with Gasteiger partial charge in [-0.15, -0.1) is 0 Å². The third kappa shape index (κ3) is 4.45. The monoisotopic (exact) mass is 423 g/mol. The first kappa shape index (κ1) is 19.1. The van der Waals surface area contributed by atoms with Crippen LogP contribution in [0.2, 0.25) is 10.0 Å². The van der Waals surface area contributed by atoms with E-state index in [9.17, 15) is 4.79 Å². The Morgan fingerprint density at radius 2 is 1.62 bits per heavy atom. The molecule has 0 aliphatic heterocycles. The minimum atomic E-state index is -0.404. The molecule has 4 rings (SSSR count). The highest BCUT2D eigenvalue weighted by atomic mass is 35.5. The van der Waals surface area contributed by atoms with Crippen molar-refractivity contribution in [1.82, 2.24) is 0 Å². The van der Waals surface area contributed by atoms with Gasteiger partial charge in [-0.1, -0.05) is 53.5 Å². The third-order valence-electron chi connectivity index (χ3n) is 4.13. The molecule has 1 amide bonds. The number of amides is 1. The van der Waals surface area contributed by atoms with Crippen LogP contribution >= 0.6 is 23.2 Å². The lowest BCUT2D eigenvalue weighted by molar-refractivity contribution is 0.0997. The molecular formula is C23H15Cl2NO3. The molecule has 0 saturated carbocycles. The summed E-state index contributed by atoms with van der Waals surface area (Å²) in [7, 11) is 0. The van der Waals surface area contributed by atoms with Crippen LogP contribution in [-0.2, 0) is 0 Å². The second kappa shape index (κ2) is 8.43. The molecular weight excluding hydrogens is 409 g/mol. The number of carbonyl (C=O) groups excluding carboxylic acids is 1. The van der Waals surface area contributed by atoms with Crippen molar-refractivity contribution in [2.45, 2.75) is 0 Å². The van der Waals surface area contributed by atoms with Crippen molar-refractivity contribution in [2.75, 3.05) is 5.32 Å². The summed E-state index contributed by atoms with van der Waals surface area (Å²) >= 11 is 12.2. The summed E-state index contributed by atoms with van der Waals surface area (Å²) in [4.78, 5) is 12.7. The minimum absolute atomic E-state index is 0.144. The molecule has 1 heterocycles. The quantitative estimate of drug-likeness (QED) is 0.366. The van der Waals surface area contributed by atoms with Gasteiger partial charge in [-0.05, 0) is 54.6 Å². The van der Waals surface area contributed by atoms with E-state index in [0.717, 1.165) is 0 Å². The summed E-state index contributed by atoms with van der Waals surface area (Å²) in [5.41, 5.74) is 1.14. The SMILES string of the molecule is O=C(Nc1ccccc1Oc1ccccc1)c1ccc(-c2cc(Cl)ccc2Cl)o1. The van der Waals surface area contributed by atoms with Crippen LogP contribution in [0.5, 0.6) is 11.5 Å². The number of nitrogens with one attached hydrogen (secondary N) is 1. The first-order valence-corrected chi connectivity index (χ1v) is 9.54. The number of hydrogen-bond acceptors (Lipinski definition) is 3. The molecule has 0 unspecified atom stereocenters. The molecule has 0 atom stereocenters. The number of ether oxygens (including phenoxy) is 1. The molecule has 144 valence electrons. The predicted octanol–water partition coefficient (Wildman–Crippen LogP) is 7.30. The zero-order valence-electron chi connectivity index (χ0n) is 15.1. The number of benzene rings is 3. The van der Waals surface area contributed by atoms with E-state index in [4.69, 9.17) is 32.4 Å². The van der Waals surface area contributed by atoms with E-state index >= 15 is 0 Å². The van der Waals surface area contributed by atoms with Crippen LogP contribution in [0.15, 0.2) is 89.3 Å². The third-order valence-corrected chi connectivity index (χ3v) is 4.69. The standard InChI is InChI=1S/C23H15Cl2NO3/c24-15-10-11-18(25)17(14-15)20-12-13-22(29-20)23(27)26-19-8-4-5-9-21(19)28-16-6-2-1-3-7-16/h1-14H,(H,26,27). The normalized spacial score (nSPS) is 10.6. The molecule has 4 nitrogen and oxygen atoms in total. The summed E-state index contributed by atoms with van der Waals surface area (Å²) in [5.74, 6) is 1.39. The maximum atomic E-state index is 12.7. The van der Waals surface area contributed by atoms with E-state index in [1.54, 1.807) is 42.5 Å². The van der Waals surface area contributed by atoms with E-state index < -0.39 is 5.91 Å². The number of carbonyl (C=O) groups is 1. The van der Waals surface area contributed by atoms with Crippen molar-refractivity contribution in [2.24, 2.45) is 0 Å². The van der Waals surface area contributed by atoms with E-state index in [1.807, 2.05) is 42.5 Å². The lowest BCUT2D eigenvalue weighted by atomic mass is 10.2. The van der Waals surface area contributed by atoms with Crippen LogP contribution in [0.4, 0.5) is 5.69 Å². The molecule has 29 heavy (non-hydrogen) atoms. The molecule has 0 bridgehead atoms. The largest absolute Gasteiger partial charge is 0.455 e. The Hall–Kier alpha value is -3.21. The highest BCUT2D eigenvalue weighted by Gasteiger charge is 2.16. The first-order valence-electron chi connectivity index (χ1n) is 8.79. The minimum Gasteiger partial charge on any atom is -0.455 e. The fraction of sp³-hybridized carbons (Fsp3) is 0. The number of furan rings is 1. The second-order valence-corrected chi connectivity index (χ2v) is 7.00. The topological polar surface area (TPSA) is 51.5 Å². The summed E-state index contributed by atoms with van der Waals surface area (Å²) in [6, 6.07) is 24.8. The lowest BCUT2D eigenvalue weighted by Crippen LogP contribution is -2.11. The van der Waals surface area contributed by atoms with E-state index in [0.29, 0.717) is 38.6 Å². The van der Waals surface area contributed by atoms with Gasteiger partial charge >= 0.3 is 0 Å². The van der Waals surface area contributed by atoms with E-state index in [2.05, 4.69) is 5.32 Å². The Labute approximate surface area is 177 Å². The van der Waals surface area contributed by atoms with Crippen molar-refractivity contribution in [3.8, 4) is 22.8 Å². The Bertz CT molecular complexity index is 1160. The number of anilines is 1. The van der Waals surface area contributed by atoms with Gasteiger partial charge < -0.3 is 14.5 Å². The van der Waals surface area contributed by atoms with Crippen LogP contribution in [-0.4, -0.2) is 5.91 Å². The average Bonchev–Trinajstić information content (AvgIpc) is 3.22. The molecule has 0 aliphatic rings. The van der Waals surface area contributed by atoms with Crippen LogP contribution < -0.4 is 10.1 Å². The van der Waals surface area contributed by atoms with Gasteiger partial charge in [0.05, 0.1) is 10.7 Å². The fourth-order valence-corrected chi connectivity index (χ4v) is 3.13. The Morgan fingerprint density at radius 1 is 0.862 bits per heavy atom. The number of hydrogen-bond donors (Lipinski definition) is 1. The van der Waals surface area contributed by atoms with Crippen LogP contribution in [0.25, 0.3) is 11.3 Å². The Balaban J connectivity index is 1.55. The molecule has 4 aromatic rings. The van der Waals surface area contributed by atoms with Crippen molar-refractivity contribution >= 4 is 34.8 Å². The lowest BCUT2D eigenvalue weighted by Gasteiger charge is -2.11. The average molecular weight is 424 g/mol. The Morgan fingerprint density at radius 3 is 2.45 bits per heavy atom. The predicted molar refractivity (Wildman–Crippen MR) is 115 cm³/mol. The fourth-order valence-electron chi connectivity index (χ4n) is 2.75. The first-order chi connectivity index (χ1) is 14.1. The molecule has 1 aromatic heterocycles. The van der Waals surface area contributed by atoms with Gasteiger partial charge in [0.1, 0.15) is 11.5 Å². The highest BCUT2D eigenvalue weighted by molar-refractivity contribution is 6.35. The molecule has 0 saturated heterocycles. The van der Waals surface area contributed by atoms with Crippen molar-refractivity contribution in [3.63, 3.8) is 0 Å². The maximum absolute atomic E-state index is 12.7.